The van der Waals surface area contributed by atoms with Crippen molar-refractivity contribution in [3.05, 3.63) is 0 Å². The van der Waals surface area contributed by atoms with E-state index in [9.17, 15) is 14.7 Å². The second kappa shape index (κ2) is 2.54. The van der Waals surface area contributed by atoms with E-state index in [-0.39, 0.29) is 6.54 Å². The lowest BCUT2D eigenvalue weighted by Crippen LogP contribution is -2.44. The molecule has 1 amide bonds. The van der Waals surface area contributed by atoms with Crippen molar-refractivity contribution < 1.29 is 14.7 Å². The van der Waals surface area contributed by atoms with Gasteiger partial charge in [-0.2, -0.15) is 0 Å². The Morgan fingerprint density at radius 2 is 1.85 bits per heavy atom. The van der Waals surface area contributed by atoms with E-state index in [1.165, 1.54) is 11.8 Å². The summed E-state index contributed by atoms with van der Waals surface area (Å²) in [5, 5.41) is 9.56. The van der Waals surface area contributed by atoms with Gasteiger partial charge in [0.1, 0.15) is 5.60 Å². The summed E-state index contributed by atoms with van der Waals surface area (Å²) in [6.45, 7) is 6.96. The van der Waals surface area contributed by atoms with Crippen molar-refractivity contribution in [3.63, 3.8) is 0 Å². The minimum Gasteiger partial charge on any atom is -0.380 e. The van der Waals surface area contributed by atoms with Crippen LogP contribution >= 0.6 is 0 Å². The predicted molar refractivity (Wildman–Crippen MR) is 47.1 cm³/mol. The fourth-order valence-electron chi connectivity index (χ4n) is 1.35. The van der Waals surface area contributed by atoms with Gasteiger partial charge in [0.25, 0.3) is 11.7 Å². The first-order valence-corrected chi connectivity index (χ1v) is 4.25. The van der Waals surface area contributed by atoms with Gasteiger partial charge in [0.2, 0.25) is 0 Å². The summed E-state index contributed by atoms with van der Waals surface area (Å²) in [5.74, 6) is -1.29. The number of Topliss-reactive ketones (excluding diaryl/α,β-unsaturated/α-hetero) is 1. The van der Waals surface area contributed by atoms with Gasteiger partial charge < -0.3 is 10.0 Å². The van der Waals surface area contributed by atoms with E-state index >= 15 is 0 Å². The van der Waals surface area contributed by atoms with Crippen LogP contribution in [0.15, 0.2) is 0 Å². The predicted octanol–water partition coefficient (Wildman–Crippen LogP) is -0.0528. The summed E-state index contributed by atoms with van der Waals surface area (Å²) in [5.41, 5.74) is -1.92. The highest BCUT2D eigenvalue weighted by Crippen LogP contribution is 2.25. The molecule has 4 nitrogen and oxygen atoms in total. The van der Waals surface area contributed by atoms with Crippen LogP contribution in [0.1, 0.15) is 27.7 Å². The molecule has 1 rings (SSSR count). The smallest absolute Gasteiger partial charge is 0.293 e. The molecule has 1 fully saturated rings. The molecule has 1 aliphatic heterocycles. The minimum absolute atomic E-state index is 0.0914. The molecule has 0 aromatic carbocycles. The third-order valence-electron chi connectivity index (χ3n) is 2.20. The number of aliphatic hydroxyl groups is 1. The molecule has 1 heterocycles. The van der Waals surface area contributed by atoms with Crippen LogP contribution in [-0.2, 0) is 9.59 Å². The SMILES string of the molecule is CC(C)(C)N1C[C@](C)(O)C(=O)C1=O. The zero-order chi connectivity index (χ0) is 10.4. The Labute approximate surface area is 77.5 Å². The number of amides is 1. The Bertz CT molecular complexity index is 263. The highest BCUT2D eigenvalue weighted by molar-refractivity contribution is 6.41. The lowest BCUT2D eigenvalue weighted by Gasteiger charge is -2.31. The molecule has 1 aliphatic rings. The van der Waals surface area contributed by atoms with Crippen LogP contribution in [0.4, 0.5) is 0 Å². The Kier molecular flexibility index (Phi) is 1.99. The standard InChI is InChI=1S/C9H15NO3/c1-8(2,3)10-5-9(4,13)6(11)7(10)12/h13H,5H2,1-4H3/t9-/m0/s1. The van der Waals surface area contributed by atoms with Crippen molar-refractivity contribution in [2.24, 2.45) is 0 Å². The maximum Gasteiger partial charge on any atom is 0.293 e. The fraction of sp³-hybridized carbons (Fsp3) is 0.778. The zero-order valence-electron chi connectivity index (χ0n) is 8.42. The quantitative estimate of drug-likeness (QED) is 0.538. The van der Waals surface area contributed by atoms with Crippen LogP contribution in [0.25, 0.3) is 0 Å². The van der Waals surface area contributed by atoms with E-state index in [0.717, 1.165) is 0 Å². The number of carbonyl (C=O) groups excluding carboxylic acids is 2. The van der Waals surface area contributed by atoms with Crippen molar-refractivity contribution in [1.29, 1.82) is 0 Å². The van der Waals surface area contributed by atoms with Crippen LogP contribution in [0.2, 0.25) is 0 Å². The maximum atomic E-state index is 11.4. The van der Waals surface area contributed by atoms with Crippen molar-refractivity contribution in [2.75, 3.05) is 6.54 Å². The molecule has 0 bridgehead atoms. The topological polar surface area (TPSA) is 57.6 Å². The van der Waals surface area contributed by atoms with E-state index in [0.29, 0.717) is 0 Å². The molecule has 1 N–H and O–H groups in total. The van der Waals surface area contributed by atoms with Gasteiger partial charge in [-0.3, -0.25) is 9.59 Å². The second-order valence-corrected chi connectivity index (χ2v) is 4.67. The van der Waals surface area contributed by atoms with E-state index < -0.39 is 22.8 Å². The van der Waals surface area contributed by atoms with Crippen molar-refractivity contribution in [3.8, 4) is 0 Å². The molecule has 0 aromatic heterocycles. The molecule has 4 heteroatoms. The van der Waals surface area contributed by atoms with E-state index in [4.69, 9.17) is 0 Å². The third kappa shape index (κ3) is 1.58. The number of carbonyl (C=O) groups is 2. The number of hydrogen-bond donors (Lipinski definition) is 1. The van der Waals surface area contributed by atoms with E-state index in [1.807, 2.05) is 20.8 Å². The number of rotatable bonds is 0. The summed E-state index contributed by atoms with van der Waals surface area (Å²) in [6.07, 6.45) is 0. The van der Waals surface area contributed by atoms with E-state index in [1.54, 1.807) is 0 Å². The lowest BCUT2D eigenvalue weighted by molar-refractivity contribution is -0.145. The van der Waals surface area contributed by atoms with Crippen molar-refractivity contribution in [2.45, 2.75) is 38.8 Å². The number of nitrogens with zero attached hydrogens (tertiary/aromatic N) is 1. The number of β-amino-alcohol motifs (C(OH)–C–C–N with tert-alkyl or cyclic N) is 1. The second-order valence-electron chi connectivity index (χ2n) is 4.67. The molecule has 0 spiro atoms. The fourth-order valence-corrected chi connectivity index (χ4v) is 1.35. The van der Waals surface area contributed by atoms with Gasteiger partial charge in [-0.25, -0.2) is 0 Å². The summed E-state index contributed by atoms with van der Waals surface area (Å²) < 4.78 is 0. The Morgan fingerprint density at radius 3 is 2.00 bits per heavy atom. The van der Waals surface area contributed by atoms with Gasteiger partial charge >= 0.3 is 0 Å². The largest absolute Gasteiger partial charge is 0.380 e. The monoisotopic (exact) mass is 185 g/mol. The Balaban J connectivity index is 2.98. The molecule has 0 aliphatic carbocycles. The zero-order valence-corrected chi connectivity index (χ0v) is 8.42. The average molecular weight is 185 g/mol. The lowest BCUT2D eigenvalue weighted by atomic mass is 10.0. The molecule has 0 aromatic rings. The molecule has 1 atom stereocenters. The molecule has 74 valence electrons. The average Bonchev–Trinajstić information content (AvgIpc) is 2.12. The molecular formula is C9H15NO3. The van der Waals surface area contributed by atoms with Crippen LogP contribution in [0.5, 0.6) is 0 Å². The summed E-state index contributed by atoms with van der Waals surface area (Å²) in [7, 11) is 0. The maximum absolute atomic E-state index is 11.4. The molecule has 1 saturated heterocycles. The van der Waals surface area contributed by atoms with Crippen molar-refractivity contribution in [1.82, 2.24) is 4.90 Å². The molecule has 13 heavy (non-hydrogen) atoms. The van der Waals surface area contributed by atoms with Gasteiger partial charge in [-0.1, -0.05) is 0 Å². The first kappa shape index (κ1) is 10.2. The van der Waals surface area contributed by atoms with Gasteiger partial charge in [0.15, 0.2) is 0 Å². The Morgan fingerprint density at radius 1 is 1.38 bits per heavy atom. The van der Waals surface area contributed by atoms with Crippen LogP contribution in [0.3, 0.4) is 0 Å². The first-order chi connectivity index (χ1) is 5.66. The number of hydrogen-bond acceptors (Lipinski definition) is 3. The van der Waals surface area contributed by atoms with Gasteiger partial charge in [-0.05, 0) is 27.7 Å². The van der Waals surface area contributed by atoms with Crippen LogP contribution in [0, 0.1) is 0 Å². The Hall–Kier alpha value is -0.900. The van der Waals surface area contributed by atoms with Crippen LogP contribution < -0.4 is 0 Å². The van der Waals surface area contributed by atoms with Gasteiger partial charge in [0, 0.05) is 5.54 Å². The summed E-state index contributed by atoms with van der Waals surface area (Å²) in [6, 6.07) is 0. The van der Waals surface area contributed by atoms with Gasteiger partial charge in [-0.15, -0.1) is 0 Å². The number of likely N-dealkylation sites (tertiary alicyclic amines) is 1. The number of ketones is 1. The summed E-state index contributed by atoms with van der Waals surface area (Å²) >= 11 is 0. The normalized spacial score (nSPS) is 30.1. The minimum atomic E-state index is -1.51. The van der Waals surface area contributed by atoms with E-state index in [2.05, 4.69) is 0 Å². The van der Waals surface area contributed by atoms with Gasteiger partial charge in [0.05, 0.1) is 6.54 Å². The van der Waals surface area contributed by atoms with Crippen molar-refractivity contribution >= 4 is 11.7 Å². The third-order valence-corrected chi connectivity index (χ3v) is 2.20. The molecule has 0 unspecified atom stereocenters. The highest BCUT2D eigenvalue weighted by atomic mass is 16.3. The highest BCUT2D eigenvalue weighted by Gasteiger charge is 2.50. The first-order valence-electron chi connectivity index (χ1n) is 4.25. The van der Waals surface area contributed by atoms with Crippen LogP contribution in [-0.4, -0.2) is 39.4 Å². The summed E-state index contributed by atoms with van der Waals surface area (Å²) in [4.78, 5) is 24.0. The molecule has 0 saturated carbocycles. The molecular weight excluding hydrogens is 170 g/mol. The molecule has 0 radical (unpaired) electrons.